The van der Waals surface area contributed by atoms with Crippen molar-refractivity contribution in [2.45, 2.75) is 25.9 Å². The van der Waals surface area contributed by atoms with Crippen LogP contribution in [0.15, 0.2) is 78.9 Å². The van der Waals surface area contributed by atoms with Gasteiger partial charge in [0.1, 0.15) is 17.6 Å². The van der Waals surface area contributed by atoms with E-state index in [0.29, 0.717) is 22.1 Å². The quantitative estimate of drug-likeness (QED) is 0.206. The van der Waals surface area contributed by atoms with Crippen LogP contribution in [0.5, 0.6) is 11.5 Å². The van der Waals surface area contributed by atoms with E-state index in [9.17, 15) is 10.1 Å². The molecule has 0 aliphatic rings. The van der Waals surface area contributed by atoms with Gasteiger partial charge in [-0.1, -0.05) is 67.9 Å². The Hall–Kier alpha value is -2.33. The van der Waals surface area contributed by atoms with E-state index < -0.39 is 18.0 Å². The first-order chi connectivity index (χ1) is 15.5. The van der Waals surface area contributed by atoms with Crippen LogP contribution in [0.4, 0.5) is 0 Å². The molecule has 0 fully saturated rings. The van der Waals surface area contributed by atoms with Crippen LogP contribution >= 0.6 is 18.8 Å². The van der Waals surface area contributed by atoms with Gasteiger partial charge in [0.25, 0.3) is 0 Å². The van der Waals surface area contributed by atoms with Crippen molar-refractivity contribution in [2.24, 2.45) is 5.92 Å². The Bertz CT molecular complexity index is 1080. The number of para-hydroxylation sites is 1. The third kappa shape index (κ3) is 7.37. The fourth-order valence-electron chi connectivity index (χ4n) is 3.19. The molecule has 32 heavy (non-hydrogen) atoms. The van der Waals surface area contributed by atoms with Gasteiger partial charge in [-0.25, -0.2) is 0 Å². The molecule has 4 nitrogen and oxygen atoms in total. The fourth-order valence-corrected chi connectivity index (χ4v) is 3.31. The summed E-state index contributed by atoms with van der Waals surface area (Å²) in [5, 5.41) is 10.2. The minimum absolute atomic E-state index is 0.00855. The SMILES string of the molecule is CC(C)[C@H](C(=O)O[C@H](C#N)c1cccc(Oc2ccccc2)c1)c1ccc(Cl)cc1.[Al]#[P]. The van der Waals surface area contributed by atoms with Gasteiger partial charge in [0.15, 0.2) is 0 Å². The van der Waals surface area contributed by atoms with Gasteiger partial charge in [0.05, 0.1) is 5.92 Å². The maximum atomic E-state index is 13.0. The molecule has 3 aromatic carbocycles. The molecule has 0 N–H and O–H groups in total. The van der Waals surface area contributed by atoms with Crippen LogP contribution in [-0.4, -0.2) is 21.1 Å². The summed E-state index contributed by atoms with van der Waals surface area (Å²) in [6.07, 6.45) is -1.04. The molecule has 0 aliphatic carbocycles. The standard InChI is InChI=1S/C25H22ClNO3.Al.P/c1-17(2)24(18-11-13-20(26)14-12-18)25(28)30-23(16-27)19-7-6-10-22(15-19)29-21-8-4-3-5-9-21;;/h3-15,17,23-24H,1-2H3;;/t23-,24+;;/m1../s1. The molecule has 0 aromatic heterocycles. The number of halogens is 1. The first-order valence-corrected chi connectivity index (χ1v) is 12.4. The molecule has 0 saturated carbocycles. The first-order valence-electron chi connectivity index (χ1n) is 9.92. The molecule has 0 spiro atoms. The summed E-state index contributed by atoms with van der Waals surface area (Å²) in [6.45, 7) is 3.88. The molecule has 0 bridgehead atoms. The number of rotatable bonds is 7. The predicted molar refractivity (Wildman–Crippen MR) is 129 cm³/mol. The van der Waals surface area contributed by atoms with Crippen LogP contribution < -0.4 is 4.74 Å². The van der Waals surface area contributed by atoms with Gasteiger partial charge in [0.2, 0.25) is 6.10 Å². The van der Waals surface area contributed by atoms with Crippen molar-refractivity contribution in [2.75, 3.05) is 0 Å². The molecule has 7 heteroatoms. The van der Waals surface area contributed by atoms with E-state index >= 15 is 0 Å². The Morgan fingerprint density at radius 2 is 1.56 bits per heavy atom. The molecule has 0 unspecified atom stereocenters. The van der Waals surface area contributed by atoms with E-state index in [1.165, 1.54) is 0 Å². The first kappa shape index (κ1) is 25.9. The van der Waals surface area contributed by atoms with Gasteiger partial charge in [-0.2, -0.15) is 5.26 Å². The van der Waals surface area contributed by atoms with E-state index in [1.54, 1.807) is 36.4 Å². The zero-order valence-electron chi connectivity index (χ0n) is 17.8. The second kappa shape index (κ2) is 13.3. The second-order valence-electron chi connectivity index (χ2n) is 7.21. The molecule has 160 valence electrons. The van der Waals surface area contributed by atoms with E-state index in [-0.39, 0.29) is 5.92 Å². The molecule has 0 amide bonds. The number of carbonyl (C=O) groups is 1. The van der Waals surface area contributed by atoms with Gasteiger partial charge in [-0.05, 0) is 47.9 Å². The summed E-state index contributed by atoms with van der Waals surface area (Å²) >= 11 is 8.08. The van der Waals surface area contributed by atoms with Gasteiger partial charge >= 0.3 is 28.4 Å². The topological polar surface area (TPSA) is 59.3 Å². The van der Waals surface area contributed by atoms with E-state index in [2.05, 4.69) is 28.5 Å². The summed E-state index contributed by atoms with van der Waals surface area (Å²) in [6, 6.07) is 25.5. The van der Waals surface area contributed by atoms with Crippen LogP contribution in [0, 0.1) is 17.2 Å². The van der Waals surface area contributed by atoms with Gasteiger partial charge < -0.3 is 9.47 Å². The van der Waals surface area contributed by atoms with Crippen LogP contribution in [0.1, 0.15) is 37.0 Å². The second-order valence-corrected chi connectivity index (χ2v) is 7.64. The molecule has 3 rings (SSSR count). The van der Waals surface area contributed by atoms with Crippen molar-refractivity contribution in [1.29, 1.82) is 5.26 Å². The third-order valence-electron chi connectivity index (χ3n) is 4.64. The van der Waals surface area contributed by atoms with Gasteiger partial charge in [0, 0.05) is 10.6 Å². The predicted octanol–water partition coefficient (Wildman–Crippen LogP) is 7.16. The molecule has 0 heterocycles. The minimum atomic E-state index is -1.04. The van der Waals surface area contributed by atoms with Crippen LogP contribution in [-0.2, 0) is 9.53 Å². The van der Waals surface area contributed by atoms with Crippen molar-refractivity contribution in [3.05, 3.63) is 95.0 Å². The Kier molecular flexibility index (Phi) is 10.8. The number of esters is 1. The number of benzene rings is 3. The Morgan fingerprint density at radius 1 is 0.938 bits per heavy atom. The average Bonchev–Trinajstić information content (AvgIpc) is 2.81. The Morgan fingerprint density at radius 3 is 2.16 bits per heavy atom. The monoisotopic (exact) mass is 477 g/mol. The van der Waals surface area contributed by atoms with Gasteiger partial charge in [-0.15, -0.1) is 0 Å². The normalized spacial score (nSPS) is 12.0. The Balaban J connectivity index is 0.00000176. The zero-order chi connectivity index (χ0) is 23.5. The number of carbonyl (C=O) groups excluding carboxylic acids is 1. The zero-order valence-corrected chi connectivity index (χ0v) is 20.6. The number of nitrogens with zero attached hydrogens (tertiary/aromatic N) is 1. The van der Waals surface area contributed by atoms with Crippen LogP contribution in [0.25, 0.3) is 0 Å². The van der Waals surface area contributed by atoms with Crippen LogP contribution in [0.3, 0.4) is 0 Å². The van der Waals surface area contributed by atoms with Crippen molar-refractivity contribution in [1.82, 2.24) is 0 Å². The van der Waals surface area contributed by atoms with E-state index in [1.807, 2.05) is 56.3 Å². The number of nitriles is 1. The summed E-state index contributed by atoms with van der Waals surface area (Å²) in [7, 11) is 3.44. The van der Waals surface area contributed by atoms with Crippen molar-refractivity contribution in [3.8, 4) is 17.6 Å². The molecule has 0 aliphatic heterocycles. The average molecular weight is 478 g/mol. The number of ether oxygens (including phenoxy) is 2. The number of hydrogen-bond donors (Lipinski definition) is 0. The summed E-state index contributed by atoms with van der Waals surface area (Å²) < 4.78 is 11.4. The van der Waals surface area contributed by atoms with Crippen molar-refractivity contribution >= 4 is 40.0 Å². The Labute approximate surface area is 203 Å². The molecular weight excluding hydrogens is 456 g/mol. The fraction of sp³-hybridized carbons (Fsp3) is 0.200. The molecule has 0 saturated heterocycles. The third-order valence-corrected chi connectivity index (χ3v) is 4.89. The summed E-state index contributed by atoms with van der Waals surface area (Å²) in [4.78, 5) is 13.0. The molecule has 2 atom stereocenters. The number of hydrogen-bond acceptors (Lipinski definition) is 4. The molecular formula is C25H22AlClNO3P. The summed E-state index contributed by atoms with van der Waals surface area (Å²) in [5.41, 5.74) is 1.36. The van der Waals surface area contributed by atoms with E-state index in [0.717, 1.165) is 5.56 Å². The maximum absolute atomic E-state index is 13.0. The van der Waals surface area contributed by atoms with Crippen molar-refractivity contribution in [3.63, 3.8) is 0 Å². The van der Waals surface area contributed by atoms with E-state index in [4.69, 9.17) is 21.1 Å². The van der Waals surface area contributed by atoms with Crippen LogP contribution in [0.2, 0.25) is 5.02 Å². The molecule has 0 radical (unpaired) electrons. The molecule has 3 aromatic rings. The van der Waals surface area contributed by atoms with Crippen molar-refractivity contribution < 1.29 is 14.3 Å². The summed E-state index contributed by atoms with van der Waals surface area (Å²) in [5.74, 6) is 0.289. The van der Waals surface area contributed by atoms with Gasteiger partial charge in [-0.3, -0.25) is 4.79 Å².